The maximum atomic E-state index is 11.3. The summed E-state index contributed by atoms with van der Waals surface area (Å²) in [6.07, 6.45) is 2.35. The minimum Gasteiger partial charge on any atom is -0.469 e. The first-order chi connectivity index (χ1) is 7.69. The quantitative estimate of drug-likeness (QED) is 0.600. The highest BCUT2D eigenvalue weighted by Crippen LogP contribution is 2.23. The monoisotopic (exact) mass is 348 g/mol. The molecule has 2 nitrogen and oxygen atoms in total. The van der Waals surface area contributed by atoms with E-state index in [2.05, 4.69) is 36.6 Å². The minimum atomic E-state index is -0.196. The molecule has 4 heteroatoms. The largest absolute Gasteiger partial charge is 0.469 e. The van der Waals surface area contributed by atoms with Crippen LogP contribution in [0.5, 0.6) is 0 Å². The number of carbonyl (C=O) groups is 1. The molecule has 0 bridgehead atoms. The molecule has 0 amide bonds. The number of alkyl halides is 1. The predicted octanol–water partition coefficient (Wildman–Crippen LogP) is 3.49. The van der Waals surface area contributed by atoms with E-state index < -0.39 is 0 Å². The second kappa shape index (κ2) is 7.07. The van der Waals surface area contributed by atoms with Crippen molar-refractivity contribution in [1.29, 1.82) is 0 Å². The molecule has 0 aliphatic carbocycles. The van der Waals surface area contributed by atoms with Crippen LogP contribution in [-0.2, 0) is 22.4 Å². The van der Waals surface area contributed by atoms with Gasteiger partial charge in [-0.25, -0.2) is 0 Å². The number of esters is 1. The summed E-state index contributed by atoms with van der Waals surface area (Å²) in [5, 5.41) is 0.964. The maximum absolute atomic E-state index is 11.3. The van der Waals surface area contributed by atoms with Crippen molar-refractivity contribution in [2.75, 3.05) is 12.4 Å². The number of benzene rings is 1. The molecule has 16 heavy (non-hydrogen) atoms. The van der Waals surface area contributed by atoms with Crippen molar-refractivity contribution < 1.29 is 9.53 Å². The number of hydrogen-bond acceptors (Lipinski definition) is 2. The van der Waals surface area contributed by atoms with Crippen LogP contribution >= 0.6 is 31.9 Å². The van der Waals surface area contributed by atoms with E-state index >= 15 is 0 Å². The lowest BCUT2D eigenvalue weighted by Crippen LogP contribution is -2.07. The average Bonchev–Trinajstić information content (AvgIpc) is 2.28. The van der Waals surface area contributed by atoms with Gasteiger partial charge in [0.05, 0.1) is 13.5 Å². The van der Waals surface area contributed by atoms with Crippen LogP contribution in [0.15, 0.2) is 22.7 Å². The van der Waals surface area contributed by atoms with Crippen LogP contribution in [0, 0.1) is 0 Å². The van der Waals surface area contributed by atoms with E-state index in [1.54, 1.807) is 0 Å². The Balaban J connectivity index is 2.88. The van der Waals surface area contributed by atoms with Crippen LogP contribution in [0.1, 0.15) is 17.5 Å². The highest BCUT2D eigenvalue weighted by atomic mass is 79.9. The van der Waals surface area contributed by atoms with Gasteiger partial charge in [0.2, 0.25) is 0 Å². The van der Waals surface area contributed by atoms with Gasteiger partial charge in [-0.3, -0.25) is 4.79 Å². The van der Waals surface area contributed by atoms with Gasteiger partial charge in [0.25, 0.3) is 0 Å². The van der Waals surface area contributed by atoms with Gasteiger partial charge in [-0.05, 0) is 30.0 Å². The fraction of sp³-hybridized carbons (Fsp3) is 0.417. The smallest absolute Gasteiger partial charge is 0.309 e. The molecule has 0 saturated heterocycles. The molecule has 0 N–H and O–H groups in total. The van der Waals surface area contributed by atoms with Crippen LogP contribution in [0.2, 0.25) is 0 Å². The molecule has 0 aliphatic heterocycles. The van der Waals surface area contributed by atoms with Gasteiger partial charge >= 0.3 is 5.97 Å². The number of halogens is 2. The van der Waals surface area contributed by atoms with Gasteiger partial charge in [0, 0.05) is 9.80 Å². The molecule has 1 rings (SSSR count). The topological polar surface area (TPSA) is 26.3 Å². The average molecular weight is 350 g/mol. The van der Waals surface area contributed by atoms with Gasteiger partial charge in [0.1, 0.15) is 0 Å². The molecular weight excluding hydrogens is 336 g/mol. The van der Waals surface area contributed by atoms with Crippen molar-refractivity contribution in [1.82, 2.24) is 0 Å². The zero-order valence-corrected chi connectivity index (χ0v) is 12.3. The van der Waals surface area contributed by atoms with E-state index in [0.717, 1.165) is 28.2 Å². The molecule has 0 radical (unpaired) electrons. The molecule has 0 unspecified atom stereocenters. The predicted molar refractivity (Wildman–Crippen MR) is 72.0 cm³/mol. The zero-order chi connectivity index (χ0) is 12.0. The third kappa shape index (κ3) is 3.91. The Morgan fingerprint density at radius 3 is 2.81 bits per heavy atom. The number of ether oxygens (including phenoxy) is 1. The molecular formula is C12H14Br2O2. The van der Waals surface area contributed by atoms with Crippen molar-refractivity contribution in [3.63, 3.8) is 0 Å². The number of methoxy groups -OCH3 is 1. The molecule has 1 aromatic carbocycles. The Morgan fingerprint density at radius 1 is 1.44 bits per heavy atom. The number of carbonyl (C=O) groups excluding carboxylic acids is 1. The molecule has 0 spiro atoms. The first kappa shape index (κ1) is 13.7. The fourth-order valence-corrected chi connectivity index (χ4v) is 2.41. The van der Waals surface area contributed by atoms with Gasteiger partial charge < -0.3 is 4.74 Å². The van der Waals surface area contributed by atoms with E-state index in [1.165, 1.54) is 12.7 Å². The summed E-state index contributed by atoms with van der Waals surface area (Å²) in [6.45, 7) is 0. The van der Waals surface area contributed by atoms with Crippen molar-refractivity contribution in [3.8, 4) is 0 Å². The Morgan fingerprint density at radius 2 is 2.19 bits per heavy atom. The van der Waals surface area contributed by atoms with Gasteiger partial charge in [-0.2, -0.15) is 0 Å². The molecule has 88 valence electrons. The maximum Gasteiger partial charge on any atom is 0.309 e. The second-order valence-corrected chi connectivity index (χ2v) is 5.07. The van der Waals surface area contributed by atoms with Crippen molar-refractivity contribution in [2.24, 2.45) is 0 Å². The summed E-state index contributed by atoms with van der Waals surface area (Å²) in [7, 11) is 1.42. The first-order valence-corrected chi connectivity index (χ1v) is 6.99. The van der Waals surface area contributed by atoms with Crippen molar-refractivity contribution in [2.45, 2.75) is 19.3 Å². The van der Waals surface area contributed by atoms with Crippen LogP contribution in [0.4, 0.5) is 0 Å². The summed E-state index contributed by atoms with van der Waals surface area (Å²) < 4.78 is 5.75. The standard InChI is InChI=1S/C12H14Br2O2/c1-16-12(15)8-9-4-2-6-11(14)10(9)5-3-7-13/h2,4,6H,3,5,7-8H2,1H3. The molecule has 0 atom stereocenters. The van der Waals surface area contributed by atoms with E-state index in [9.17, 15) is 4.79 Å². The highest BCUT2D eigenvalue weighted by molar-refractivity contribution is 9.10. The highest BCUT2D eigenvalue weighted by Gasteiger charge is 2.10. The summed E-state index contributed by atoms with van der Waals surface area (Å²) in [6, 6.07) is 5.93. The Labute approximate surface area is 113 Å². The summed E-state index contributed by atoms with van der Waals surface area (Å²) in [5.74, 6) is -0.196. The Bertz CT molecular complexity index is 364. The summed E-state index contributed by atoms with van der Waals surface area (Å²) in [4.78, 5) is 11.3. The van der Waals surface area contributed by atoms with Crippen LogP contribution < -0.4 is 0 Å². The zero-order valence-electron chi connectivity index (χ0n) is 9.13. The van der Waals surface area contributed by atoms with Crippen molar-refractivity contribution in [3.05, 3.63) is 33.8 Å². The lowest BCUT2D eigenvalue weighted by Gasteiger charge is -2.10. The van der Waals surface area contributed by atoms with E-state index in [-0.39, 0.29) is 5.97 Å². The molecule has 0 heterocycles. The fourth-order valence-electron chi connectivity index (χ4n) is 1.52. The van der Waals surface area contributed by atoms with E-state index in [1.807, 2.05) is 18.2 Å². The third-order valence-corrected chi connectivity index (χ3v) is 3.64. The van der Waals surface area contributed by atoms with Gasteiger partial charge in [0.15, 0.2) is 0 Å². The normalized spacial score (nSPS) is 10.2. The molecule has 0 saturated carbocycles. The number of hydrogen-bond donors (Lipinski definition) is 0. The van der Waals surface area contributed by atoms with Crippen molar-refractivity contribution >= 4 is 37.8 Å². The van der Waals surface area contributed by atoms with Gasteiger partial charge in [-0.1, -0.05) is 44.0 Å². The lowest BCUT2D eigenvalue weighted by atomic mass is 10.0. The first-order valence-electron chi connectivity index (χ1n) is 5.08. The van der Waals surface area contributed by atoms with E-state index in [0.29, 0.717) is 6.42 Å². The lowest BCUT2D eigenvalue weighted by molar-refractivity contribution is -0.139. The number of rotatable bonds is 5. The Kier molecular flexibility index (Phi) is 6.06. The minimum absolute atomic E-state index is 0.196. The van der Waals surface area contributed by atoms with Crippen LogP contribution in [0.3, 0.4) is 0 Å². The Hall–Kier alpha value is -0.350. The third-order valence-electron chi connectivity index (χ3n) is 2.34. The van der Waals surface area contributed by atoms with Crippen LogP contribution in [0.25, 0.3) is 0 Å². The molecule has 1 aromatic rings. The molecule has 0 aliphatic rings. The van der Waals surface area contributed by atoms with E-state index in [4.69, 9.17) is 0 Å². The summed E-state index contributed by atoms with van der Waals surface area (Å²) >= 11 is 6.94. The summed E-state index contributed by atoms with van der Waals surface area (Å²) in [5.41, 5.74) is 2.24. The molecule has 0 fully saturated rings. The SMILES string of the molecule is COC(=O)Cc1cccc(Br)c1CCCBr. The molecule has 0 aromatic heterocycles. The van der Waals surface area contributed by atoms with Crippen LogP contribution in [-0.4, -0.2) is 18.4 Å². The van der Waals surface area contributed by atoms with Gasteiger partial charge in [-0.15, -0.1) is 0 Å². The second-order valence-electron chi connectivity index (χ2n) is 3.42.